The first-order valence-electron chi connectivity index (χ1n) is 5.33. The predicted octanol–water partition coefficient (Wildman–Crippen LogP) is 0.643. The molecule has 0 saturated carbocycles. The summed E-state index contributed by atoms with van der Waals surface area (Å²) in [7, 11) is 0. The second-order valence-electron chi connectivity index (χ2n) is 3.57. The molecule has 0 heterocycles. The van der Waals surface area contributed by atoms with Gasteiger partial charge in [0.05, 0.1) is 17.1 Å². The standard InChI is InChI=1S/C11H14N2O5/c1-2-18-11(15)10(14)6-7-8(12)4-3-5-9(7)13(16)17/h3-5,10,14H,2,6,12H2,1H3. The van der Waals surface area contributed by atoms with Crippen molar-refractivity contribution < 1.29 is 19.6 Å². The number of nitro benzene ring substituents is 1. The maximum Gasteiger partial charge on any atom is 0.335 e. The molecule has 7 heteroatoms. The molecular formula is C11H14N2O5. The number of nitrogens with two attached hydrogens (primary N) is 1. The third-order valence-electron chi connectivity index (χ3n) is 2.34. The van der Waals surface area contributed by atoms with E-state index in [9.17, 15) is 20.0 Å². The number of nitrogens with zero attached hydrogens (tertiary/aromatic N) is 1. The second kappa shape index (κ2) is 5.97. The lowest BCUT2D eigenvalue weighted by Gasteiger charge is -2.11. The molecule has 1 aromatic carbocycles. The Kier molecular flexibility index (Phi) is 4.61. The van der Waals surface area contributed by atoms with Crippen molar-refractivity contribution in [2.45, 2.75) is 19.4 Å². The normalized spacial score (nSPS) is 11.9. The van der Waals surface area contributed by atoms with E-state index < -0.39 is 17.0 Å². The summed E-state index contributed by atoms with van der Waals surface area (Å²) in [6, 6.07) is 4.18. The number of aliphatic hydroxyl groups is 1. The van der Waals surface area contributed by atoms with Gasteiger partial charge < -0.3 is 15.6 Å². The van der Waals surface area contributed by atoms with Crippen molar-refractivity contribution in [1.29, 1.82) is 0 Å². The van der Waals surface area contributed by atoms with Gasteiger partial charge in [0.25, 0.3) is 5.69 Å². The second-order valence-corrected chi connectivity index (χ2v) is 3.57. The number of aliphatic hydroxyl groups excluding tert-OH is 1. The van der Waals surface area contributed by atoms with Crippen LogP contribution in [0, 0.1) is 10.1 Å². The summed E-state index contributed by atoms with van der Waals surface area (Å²) in [4.78, 5) is 21.5. The molecule has 1 atom stereocenters. The lowest BCUT2D eigenvalue weighted by molar-refractivity contribution is -0.385. The van der Waals surface area contributed by atoms with Gasteiger partial charge in [0, 0.05) is 18.2 Å². The molecule has 1 aromatic rings. The SMILES string of the molecule is CCOC(=O)C(O)Cc1c(N)cccc1[N+](=O)[O-]. The van der Waals surface area contributed by atoms with Crippen LogP contribution in [0.5, 0.6) is 0 Å². The molecule has 1 rings (SSSR count). The molecule has 0 amide bonds. The van der Waals surface area contributed by atoms with Gasteiger partial charge in [-0.05, 0) is 13.0 Å². The van der Waals surface area contributed by atoms with Crippen LogP contribution in [0.25, 0.3) is 0 Å². The van der Waals surface area contributed by atoms with E-state index in [-0.39, 0.29) is 30.0 Å². The summed E-state index contributed by atoms with van der Waals surface area (Å²) >= 11 is 0. The molecule has 1 unspecified atom stereocenters. The van der Waals surface area contributed by atoms with Gasteiger partial charge >= 0.3 is 5.97 Å². The van der Waals surface area contributed by atoms with Gasteiger partial charge in [0.15, 0.2) is 6.10 Å². The Hall–Kier alpha value is -2.15. The van der Waals surface area contributed by atoms with Gasteiger partial charge in [0.2, 0.25) is 0 Å². The Morgan fingerprint density at radius 1 is 1.61 bits per heavy atom. The number of anilines is 1. The van der Waals surface area contributed by atoms with E-state index in [0.717, 1.165) is 0 Å². The quantitative estimate of drug-likeness (QED) is 0.345. The lowest BCUT2D eigenvalue weighted by Crippen LogP contribution is -2.26. The van der Waals surface area contributed by atoms with Crippen LogP contribution in [0.3, 0.4) is 0 Å². The summed E-state index contributed by atoms with van der Waals surface area (Å²) in [5.41, 5.74) is 5.68. The zero-order valence-corrected chi connectivity index (χ0v) is 9.83. The van der Waals surface area contributed by atoms with Gasteiger partial charge in [-0.1, -0.05) is 6.07 Å². The molecule has 18 heavy (non-hydrogen) atoms. The molecule has 7 nitrogen and oxygen atoms in total. The highest BCUT2D eigenvalue weighted by molar-refractivity contribution is 5.75. The van der Waals surface area contributed by atoms with Crippen LogP contribution >= 0.6 is 0 Å². The van der Waals surface area contributed by atoms with Crippen LogP contribution in [0.4, 0.5) is 11.4 Å². The number of ether oxygens (including phenoxy) is 1. The van der Waals surface area contributed by atoms with Gasteiger partial charge in [-0.15, -0.1) is 0 Å². The van der Waals surface area contributed by atoms with E-state index in [0.29, 0.717) is 0 Å². The van der Waals surface area contributed by atoms with Gasteiger partial charge in [-0.25, -0.2) is 4.79 Å². The van der Waals surface area contributed by atoms with Crippen molar-refractivity contribution in [3.05, 3.63) is 33.9 Å². The summed E-state index contributed by atoms with van der Waals surface area (Å²) in [6.45, 7) is 1.73. The Morgan fingerprint density at radius 3 is 2.83 bits per heavy atom. The molecule has 98 valence electrons. The Labute approximate surface area is 103 Å². The number of hydrogen-bond acceptors (Lipinski definition) is 6. The summed E-state index contributed by atoms with van der Waals surface area (Å²) in [5.74, 6) is -0.824. The van der Waals surface area contributed by atoms with E-state index in [1.165, 1.54) is 18.2 Å². The number of nitro groups is 1. The molecule has 0 aliphatic rings. The lowest BCUT2D eigenvalue weighted by atomic mass is 10.0. The van der Waals surface area contributed by atoms with Crippen LogP contribution in [-0.2, 0) is 16.0 Å². The average Bonchev–Trinajstić information content (AvgIpc) is 2.31. The highest BCUT2D eigenvalue weighted by Gasteiger charge is 2.23. The molecular weight excluding hydrogens is 240 g/mol. The van der Waals surface area contributed by atoms with E-state index in [4.69, 9.17) is 5.73 Å². The third-order valence-corrected chi connectivity index (χ3v) is 2.34. The Morgan fingerprint density at radius 2 is 2.28 bits per heavy atom. The zero-order chi connectivity index (χ0) is 13.7. The van der Waals surface area contributed by atoms with Gasteiger partial charge in [-0.3, -0.25) is 10.1 Å². The molecule has 3 N–H and O–H groups in total. The number of hydrogen-bond donors (Lipinski definition) is 2. The molecule has 0 aromatic heterocycles. The minimum absolute atomic E-state index is 0.127. The fourth-order valence-electron chi connectivity index (χ4n) is 1.50. The zero-order valence-electron chi connectivity index (χ0n) is 9.83. The average molecular weight is 254 g/mol. The first-order chi connectivity index (χ1) is 8.47. The molecule has 0 saturated heterocycles. The molecule has 0 radical (unpaired) electrons. The summed E-state index contributed by atoms with van der Waals surface area (Å²) in [6.07, 6.45) is -1.71. The highest BCUT2D eigenvalue weighted by atomic mass is 16.6. The summed E-state index contributed by atoms with van der Waals surface area (Å²) < 4.78 is 4.62. The smallest absolute Gasteiger partial charge is 0.335 e. The fraction of sp³-hybridized carbons (Fsp3) is 0.364. The van der Waals surface area contributed by atoms with Crippen molar-refractivity contribution in [2.75, 3.05) is 12.3 Å². The van der Waals surface area contributed by atoms with E-state index in [1.807, 2.05) is 0 Å². The number of carbonyl (C=O) groups is 1. The van der Waals surface area contributed by atoms with Crippen molar-refractivity contribution in [3.8, 4) is 0 Å². The van der Waals surface area contributed by atoms with Crippen LogP contribution < -0.4 is 5.73 Å². The maximum absolute atomic E-state index is 11.3. The van der Waals surface area contributed by atoms with Crippen molar-refractivity contribution >= 4 is 17.3 Å². The minimum Gasteiger partial charge on any atom is -0.464 e. The van der Waals surface area contributed by atoms with E-state index in [2.05, 4.69) is 4.74 Å². The van der Waals surface area contributed by atoms with Crippen LogP contribution in [0.15, 0.2) is 18.2 Å². The van der Waals surface area contributed by atoms with E-state index in [1.54, 1.807) is 6.92 Å². The number of carbonyl (C=O) groups excluding carboxylic acids is 1. The van der Waals surface area contributed by atoms with Gasteiger partial charge in [0.1, 0.15) is 0 Å². The topological polar surface area (TPSA) is 116 Å². The molecule has 0 fully saturated rings. The van der Waals surface area contributed by atoms with Crippen molar-refractivity contribution in [3.63, 3.8) is 0 Å². The monoisotopic (exact) mass is 254 g/mol. The van der Waals surface area contributed by atoms with Crippen LogP contribution in [0.2, 0.25) is 0 Å². The first kappa shape index (κ1) is 13.9. The van der Waals surface area contributed by atoms with E-state index >= 15 is 0 Å². The number of benzene rings is 1. The number of nitrogen functional groups attached to an aromatic ring is 1. The number of esters is 1. The molecule has 0 aliphatic heterocycles. The molecule has 0 spiro atoms. The predicted molar refractivity (Wildman–Crippen MR) is 63.9 cm³/mol. The van der Waals surface area contributed by atoms with Crippen molar-refractivity contribution in [1.82, 2.24) is 0 Å². The van der Waals surface area contributed by atoms with Crippen molar-refractivity contribution in [2.24, 2.45) is 0 Å². The highest BCUT2D eigenvalue weighted by Crippen LogP contribution is 2.25. The molecule has 0 aliphatic carbocycles. The largest absolute Gasteiger partial charge is 0.464 e. The van der Waals surface area contributed by atoms with Gasteiger partial charge in [-0.2, -0.15) is 0 Å². The third kappa shape index (κ3) is 3.17. The Bertz CT molecular complexity index is 461. The minimum atomic E-state index is -1.46. The fourth-order valence-corrected chi connectivity index (χ4v) is 1.50. The van der Waals surface area contributed by atoms with Crippen LogP contribution in [-0.4, -0.2) is 28.7 Å². The summed E-state index contributed by atoms with van der Waals surface area (Å²) in [5, 5.41) is 20.4. The van der Waals surface area contributed by atoms with Crippen LogP contribution in [0.1, 0.15) is 12.5 Å². The maximum atomic E-state index is 11.3. The Balaban J connectivity index is 2.96. The molecule has 0 bridgehead atoms. The number of rotatable bonds is 5. The first-order valence-corrected chi connectivity index (χ1v) is 5.33.